The molecule has 9 heteroatoms. The highest BCUT2D eigenvalue weighted by Gasteiger charge is 2.44. The maximum atomic E-state index is 13.9. The number of amides is 2. The number of hydrogen-bond donors (Lipinski definition) is 0. The lowest BCUT2D eigenvalue weighted by Gasteiger charge is -2.39. The van der Waals surface area contributed by atoms with Gasteiger partial charge in [-0.1, -0.05) is 0 Å². The molecule has 1 aromatic rings. The summed E-state index contributed by atoms with van der Waals surface area (Å²) in [6, 6.07) is 0.389. The van der Waals surface area contributed by atoms with Crippen LogP contribution < -0.4 is 0 Å². The molecule has 2 aliphatic rings. The molecule has 0 aromatic heterocycles. The Labute approximate surface area is 166 Å². The van der Waals surface area contributed by atoms with Gasteiger partial charge in [0.2, 0.25) is 0 Å². The van der Waals surface area contributed by atoms with E-state index in [0.717, 1.165) is 6.42 Å². The minimum atomic E-state index is -1.99. The largest absolute Gasteiger partial charge is 0.444 e. The predicted octanol–water partition coefficient (Wildman–Crippen LogP) is 4.11. The lowest BCUT2D eigenvalue weighted by Crippen LogP contribution is -2.45. The van der Waals surface area contributed by atoms with E-state index in [1.54, 1.807) is 25.7 Å². The number of nitrogens with zero attached hydrogens (tertiary/aromatic N) is 2. The van der Waals surface area contributed by atoms with Crippen molar-refractivity contribution in [2.24, 2.45) is 5.41 Å². The molecule has 3 rings (SSSR count). The first-order valence-corrected chi connectivity index (χ1v) is 9.53. The molecule has 0 aliphatic carbocycles. The number of benzene rings is 1. The van der Waals surface area contributed by atoms with Gasteiger partial charge < -0.3 is 14.5 Å². The molecule has 0 radical (unpaired) electrons. The molecule has 2 aliphatic heterocycles. The summed E-state index contributed by atoms with van der Waals surface area (Å²) >= 11 is 0. The normalized spacial score (nSPS) is 19.0. The Bertz CT molecular complexity index is 830. The average molecular weight is 416 g/mol. The summed E-state index contributed by atoms with van der Waals surface area (Å²) < 4.78 is 59.3. The van der Waals surface area contributed by atoms with E-state index in [1.807, 2.05) is 0 Å². The summed E-state index contributed by atoms with van der Waals surface area (Å²) in [7, 11) is 0. The van der Waals surface area contributed by atoms with Crippen LogP contribution in [0.5, 0.6) is 0 Å². The third-order valence-electron chi connectivity index (χ3n) is 5.53. The van der Waals surface area contributed by atoms with Gasteiger partial charge in [0.25, 0.3) is 5.91 Å². The van der Waals surface area contributed by atoms with Gasteiger partial charge in [0, 0.05) is 26.2 Å². The second-order valence-corrected chi connectivity index (χ2v) is 8.79. The second-order valence-electron chi connectivity index (χ2n) is 8.79. The van der Waals surface area contributed by atoms with Crippen LogP contribution in [-0.2, 0) is 4.74 Å². The van der Waals surface area contributed by atoms with Gasteiger partial charge in [0.15, 0.2) is 23.3 Å². The average Bonchev–Trinajstić information content (AvgIpc) is 3.05. The van der Waals surface area contributed by atoms with Crippen LogP contribution in [0.15, 0.2) is 6.07 Å². The zero-order valence-corrected chi connectivity index (χ0v) is 16.7. The molecule has 0 unspecified atom stereocenters. The van der Waals surface area contributed by atoms with Gasteiger partial charge in [-0.05, 0) is 51.5 Å². The van der Waals surface area contributed by atoms with E-state index in [9.17, 15) is 27.2 Å². The maximum Gasteiger partial charge on any atom is 0.410 e. The van der Waals surface area contributed by atoms with Crippen molar-refractivity contribution in [1.82, 2.24) is 9.80 Å². The van der Waals surface area contributed by atoms with Crippen molar-refractivity contribution >= 4 is 12.0 Å². The topological polar surface area (TPSA) is 49.9 Å². The highest BCUT2D eigenvalue weighted by molar-refractivity contribution is 5.94. The smallest absolute Gasteiger partial charge is 0.410 e. The van der Waals surface area contributed by atoms with E-state index in [-0.39, 0.29) is 24.6 Å². The molecule has 0 atom stereocenters. The van der Waals surface area contributed by atoms with Gasteiger partial charge in [-0.15, -0.1) is 0 Å². The molecular weight excluding hydrogens is 392 g/mol. The second kappa shape index (κ2) is 7.50. The highest BCUT2D eigenvalue weighted by Crippen LogP contribution is 2.41. The zero-order chi connectivity index (χ0) is 21.6. The Balaban J connectivity index is 1.64. The minimum absolute atomic E-state index is 0.175. The molecule has 0 N–H and O–H groups in total. The fourth-order valence-corrected chi connectivity index (χ4v) is 3.91. The Morgan fingerprint density at radius 1 is 0.931 bits per heavy atom. The number of halogens is 4. The number of carbonyl (C=O) groups excluding carboxylic acids is 2. The van der Waals surface area contributed by atoms with Crippen molar-refractivity contribution in [2.45, 2.75) is 45.6 Å². The van der Waals surface area contributed by atoms with Crippen molar-refractivity contribution in [2.75, 3.05) is 26.2 Å². The first-order valence-electron chi connectivity index (χ1n) is 9.53. The molecule has 1 aromatic carbocycles. The molecule has 2 heterocycles. The Kier molecular flexibility index (Phi) is 5.53. The van der Waals surface area contributed by atoms with E-state index < -0.39 is 40.3 Å². The number of likely N-dealkylation sites (tertiary alicyclic amines) is 2. The maximum absolute atomic E-state index is 13.9. The van der Waals surface area contributed by atoms with E-state index in [0.29, 0.717) is 32.0 Å². The summed E-state index contributed by atoms with van der Waals surface area (Å²) in [6.45, 7) is 6.93. The molecular formula is C20H24F4N2O3. The number of rotatable bonds is 1. The number of piperidine rings is 1. The predicted molar refractivity (Wildman–Crippen MR) is 96.3 cm³/mol. The van der Waals surface area contributed by atoms with Crippen molar-refractivity contribution in [1.29, 1.82) is 0 Å². The van der Waals surface area contributed by atoms with Gasteiger partial charge >= 0.3 is 6.09 Å². The fourth-order valence-electron chi connectivity index (χ4n) is 3.91. The van der Waals surface area contributed by atoms with Crippen LogP contribution >= 0.6 is 0 Å². The fraction of sp³-hybridized carbons (Fsp3) is 0.600. The Morgan fingerprint density at radius 3 is 2.03 bits per heavy atom. The molecule has 2 fully saturated rings. The van der Waals surface area contributed by atoms with Crippen LogP contribution in [0, 0.1) is 28.7 Å². The lowest BCUT2D eigenvalue weighted by atomic mass is 9.77. The standard InChI is InChI=1S/C20H24F4N2O3/c1-19(2,3)29-18(28)26-9-6-20(11-26)4-7-25(8-5-20)17(27)12-10-13(21)15(23)16(24)14(12)22/h10H,4-9,11H2,1-3H3. The van der Waals surface area contributed by atoms with E-state index in [1.165, 1.54) is 4.90 Å². The first kappa shape index (κ1) is 21.4. The zero-order valence-electron chi connectivity index (χ0n) is 16.7. The van der Waals surface area contributed by atoms with Gasteiger partial charge in [-0.3, -0.25) is 4.79 Å². The number of hydrogen-bond acceptors (Lipinski definition) is 3. The molecule has 2 amide bonds. The quantitative estimate of drug-likeness (QED) is 0.393. The van der Waals surface area contributed by atoms with Gasteiger partial charge in [-0.2, -0.15) is 0 Å². The van der Waals surface area contributed by atoms with E-state index in [4.69, 9.17) is 4.74 Å². The third-order valence-corrected chi connectivity index (χ3v) is 5.53. The molecule has 160 valence electrons. The number of carbonyl (C=O) groups is 2. The van der Waals surface area contributed by atoms with Crippen LogP contribution in [0.4, 0.5) is 22.4 Å². The van der Waals surface area contributed by atoms with Crippen LogP contribution in [-0.4, -0.2) is 53.6 Å². The van der Waals surface area contributed by atoms with E-state index in [2.05, 4.69) is 0 Å². The summed E-state index contributed by atoms with van der Waals surface area (Å²) in [5.74, 6) is -8.11. The van der Waals surface area contributed by atoms with Crippen molar-refractivity contribution in [3.8, 4) is 0 Å². The highest BCUT2D eigenvalue weighted by atomic mass is 19.2. The van der Waals surface area contributed by atoms with E-state index >= 15 is 0 Å². The van der Waals surface area contributed by atoms with Gasteiger partial charge in [-0.25, -0.2) is 22.4 Å². The van der Waals surface area contributed by atoms with Crippen LogP contribution in [0.1, 0.15) is 50.4 Å². The lowest BCUT2D eigenvalue weighted by molar-refractivity contribution is 0.0242. The third kappa shape index (κ3) is 4.33. The Morgan fingerprint density at radius 2 is 1.48 bits per heavy atom. The minimum Gasteiger partial charge on any atom is -0.444 e. The summed E-state index contributed by atoms with van der Waals surface area (Å²) in [6.07, 6.45) is 1.49. The van der Waals surface area contributed by atoms with Crippen LogP contribution in [0.25, 0.3) is 0 Å². The molecule has 5 nitrogen and oxygen atoms in total. The SMILES string of the molecule is CC(C)(C)OC(=O)N1CCC2(CCN(C(=O)c3cc(F)c(F)c(F)c3F)CC2)C1. The van der Waals surface area contributed by atoms with Crippen molar-refractivity contribution in [3.05, 3.63) is 34.9 Å². The van der Waals surface area contributed by atoms with Crippen molar-refractivity contribution < 1.29 is 31.9 Å². The molecule has 29 heavy (non-hydrogen) atoms. The molecule has 0 bridgehead atoms. The van der Waals surface area contributed by atoms with Crippen molar-refractivity contribution in [3.63, 3.8) is 0 Å². The molecule has 1 spiro atoms. The van der Waals surface area contributed by atoms with Crippen LogP contribution in [0.2, 0.25) is 0 Å². The Hall–Kier alpha value is -2.32. The van der Waals surface area contributed by atoms with Gasteiger partial charge in [0.05, 0.1) is 5.56 Å². The van der Waals surface area contributed by atoms with Crippen LogP contribution in [0.3, 0.4) is 0 Å². The molecule has 0 saturated carbocycles. The summed E-state index contributed by atoms with van der Waals surface area (Å²) in [5.41, 5.74) is -1.59. The van der Waals surface area contributed by atoms with Gasteiger partial charge in [0.1, 0.15) is 5.60 Å². The molecule has 2 saturated heterocycles. The summed E-state index contributed by atoms with van der Waals surface area (Å²) in [4.78, 5) is 27.7. The number of ether oxygens (including phenoxy) is 1. The summed E-state index contributed by atoms with van der Waals surface area (Å²) in [5, 5.41) is 0. The monoisotopic (exact) mass is 416 g/mol. The first-order chi connectivity index (χ1) is 13.4.